The average Bonchev–Trinajstić information content (AvgIpc) is 3.10. The number of hydrogen-bond donors (Lipinski definition) is 1. The van der Waals surface area contributed by atoms with Gasteiger partial charge < -0.3 is 14.8 Å². The van der Waals surface area contributed by atoms with Crippen LogP contribution in [0.1, 0.15) is 15.9 Å². The van der Waals surface area contributed by atoms with Crippen molar-refractivity contribution in [3.8, 4) is 11.5 Å². The van der Waals surface area contributed by atoms with Crippen LogP contribution in [-0.2, 0) is 6.54 Å². The van der Waals surface area contributed by atoms with Gasteiger partial charge in [-0.15, -0.1) is 0 Å². The van der Waals surface area contributed by atoms with Gasteiger partial charge in [0.1, 0.15) is 17.3 Å². The van der Waals surface area contributed by atoms with Crippen molar-refractivity contribution >= 4 is 23.2 Å². The third-order valence-corrected chi connectivity index (χ3v) is 4.20. The van der Waals surface area contributed by atoms with Crippen molar-refractivity contribution in [3.63, 3.8) is 0 Å². The zero-order valence-electron chi connectivity index (χ0n) is 14.7. The van der Waals surface area contributed by atoms with Crippen molar-refractivity contribution in [2.24, 2.45) is 0 Å². The Hall–Kier alpha value is -3.06. The van der Waals surface area contributed by atoms with Crippen LogP contribution in [0, 0.1) is 5.82 Å². The minimum absolute atomic E-state index is 0.319. The summed E-state index contributed by atoms with van der Waals surface area (Å²) in [6, 6.07) is 9.09. The molecule has 0 saturated carbocycles. The number of nitrogens with zero attached hydrogens (tertiary/aromatic N) is 2. The second-order valence-corrected chi connectivity index (χ2v) is 6.12. The summed E-state index contributed by atoms with van der Waals surface area (Å²) in [6.45, 7) is 0.349. The Labute approximate surface area is 160 Å². The predicted octanol–water partition coefficient (Wildman–Crippen LogP) is 3.99. The van der Waals surface area contributed by atoms with Gasteiger partial charge in [-0.3, -0.25) is 9.48 Å². The summed E-state index contributed by atoms with van der Waals surface area (Å²) in [5.74, 6) is 0.305. The number of halogens is 2. The Bertz CT molecular complexity index is 952. The molecule has 1 aromatic heterocycles. The number of carbonyl (C=O) groups is 1. The molecule has 0 saturated heterocycles. The highest BCUT2D eigenvalue weighted by Gasteiger charge is 2.12. The Kier molecular flexibility index (Phi) is 5.61. The highest BCUT2D eigenvalue weighted by Crippen LogP contribution is 2.23. The third-order valence-electron chi connectivity index (χ3n) is 3.85. The quantitative estimate of drug-likeness (QED) is 0.692. The Morgan fingerprint density at radius 2 is 1.89 bits per heavy atom. The van der Waals surface area contributed by atoms with Crippen molar-refractivity contribution < 1.29 is 18.7 Å². The van der Waals surface area contributed by atoms with E-state index in [0.29, 0.717) is 34.3 Å². The number of benzene rings is 2. The second kappa shape index (κ2) is 8.09. The van der Waals surface area contributed by atoms with Gasteiger partial charge in [0.25, 0.3) is 5.91 Å². The van der Waals surface area contributed by atoms with Gasteiger partial charge >= 0.3 is 0 Å². The van der Waals surface area contributed by atoms with E-state index in [-0.39, 0.29) is 5.91 Å². The smallest absolute Gasteiger partial charge is 0.256 e. The number of methoxy groups -OCH3 is 2. The van der Waals surface area contributed by atoms with Crippen LogP contribution in [0.4, 0.5) is 10.1 Å². The zero-order chi connectivity index (χ0) is 19.4. The lowest BCUT2D eigenvalue weighted by Crippen LogP contribution is -2.12. The van der Waals surface area contributed by atoms with E-state index in [0.717, 1.165) is 5.56 Å². The van der Waals surface area contributed by atoms with E-state index in [1.165, 1.54) is 32.5 Å². The molecule has 0 radical (unpaired) electrons. The maximum atomic E-state index is 13.1. The van der Waals surface area contributed by atoms with E-state index < -0.39 is 5.82 Å². The maximum absolute atomic E-state index is 13.1. The Morgan fingerprint density at radius 3 is 2.52 bits per heavy atom. The molecule has 0 aliphatic rings. The molecule has 3 rings (SSSR count). The van der Waals surface area contributed by atoms with E-state index in [1.807, 2.05) is 0 Å². The van der Waals surface area contributed by atoms with Gasteiger partial charge in [-0.05, 0) is 29.8 Å². The van der Waals surface area contributed by atoms with Crippen molar-refractivity contribution in [2.45, 2.75) is 6.54 Å². The first-order chi connectivity index (χ1) is 13.0. The number of hydrogen-bond acceptors (Lipinski definition) is 4. The third kappa shape index (κ3) is 4.57. The molecule has 3 aromatic rings. The first kappa shape index (κ1) is 18.7. The minimum atomic E-state index is -0.397. The van der Waals surface area contributed by atoms with Crippen LogP contribution in [0.3, 0.4) is 0 Å². The minimum Gasteiger partial charge on any atom is -0.497 e. The monoisotopic (exact) mass is 389 g/mol. The van der Waals surface area contributed by atoms with E-state index in [9.17, 15) is 9.18 Å². The molecule has 1 N–H and O–H groups in total. The molecular weight excluding hydrogens is 373 g/mol. The van der Waals surface area contributed by atoms with Crippen LogP contribution >= 0.6 is 11.6 Å². The van der Waals surface area contributed by atoms with Gasteiger partial charge in [0.15, 0.2) is 0 Å². The van der Waals surface area contributed by atoms with Gasteiger partial charge in [-0.2, -0.15) is 5.10 Å². The van der Waals surface area contributed by atoms with Crippen LogP contribution in [0.25, 0.3) is 0 Å². The molecule has 1 heterocycles. The van der Waals surface area contributed by atoms with E-state index in [1.54, 1.807) is 35.1 Å². The van der Waals surface area contributed by atoms with Gasteiger partial charge in [0, 0.05) is 22.8 Å². The lowest BCUT2D eigenvalue weighted by atomic mass is 10.2. The summed E-state index contributed by atoms with van der Waals surface area (Å²) >= 11 is 6.03. The molecule has 0 aliphatic heterocycles. The SMILES string of the molecule is COc1cc(OC)cc(C(=O)Nc2cnn(Cc3ccc(F)cc3Cl)c2)c1. The summed E-state index contributed by atoms with van der Waals surface area (Å²) in [7, 11) is 3.03. The average molecular weight is 390 g/mol. The zero-order valence-corrected chi connectivity index (χ0v) is 15.5. The first-order valence-electron chi connectivity index (χ1n) is 7.99. The fourth-order valence-electron chi connectivity index (χ4n) is 2.48. The molecule has 8 heteroatoms. The van der Waals surface area contributed by atoms with Crippen LogP contribution < -0.4 is 14.8 Å². The molecule has 140 valence electrons. The summed E-state index contributed by atoms with van der Waals surface area (Å²) in [4.78, 5) is 12.5. The molecule has 1 amide bonds. The van der Waals surface area contributed by atoms with Crippen molar-refractivity contribution in [3.05, 3.63) is 70.8 Å². The second-order valence-electron chi connectivity index (χ2n) is 5.72. The molecule has 0 atom stereocenters. The fourth-order valence-corrected chi connectivity index (χ4v) is 2.71. The highest BCUT2D eigenvalue weighted by molar-refractivity contribution is 6.31. The summed E-state index contributed by atoms with van der Waals surface area (Å²) in [6.07, 6.45) is 3.18. The van der Waals surface area contributed by atoms with Gasteiger partial charge in [-0.25, -0.2) is 4.39 Å². The van der Waals surface area contributed by atoms with Crippen molar-refractivity contribution in [2.75, 3.05) is 19.5 Å². The molecule has 6 nitrogen and oxygen atoms in total. The molecule has 0 aliphatic carbocycles. The van der Waals surface area contributed by atoms with Gasteiger partial charge in [0.05, 0.1) is 32.6 Å². The van der Waals surface area contributed by atoms with Crippen molar-refractivity contribution in [1.29, 1.82) is 0 Å². The fraction of sp³-hybridized carbons (Fsp3) is 0.158. The molecule has 27 heavy (non-hydrogen) atoms. The number of aromatic nitrogens is 2. The van der Waals surface area contributed by atoms with Gasteiger partial charge in [-0.1, -0.05) is 17.7 Å². The number of ether oxygens (including phenoxy) is 2. The normalized spacial score (nSPS) is 10.5. The van der Waals surface area contributed by atoms with Crippen LogP contribution in [0.5, 0.6) is 11.5 Å². The number of nitrogens with one attached hydrogen (secondary N) is 1. The summed E-state index contributed by atoms with van der Waals surface area (Å²) < 4.78 is 25.1. The standard InChI is InChI=1S/C19H17ClFN3O3/c1-26-16-5-13(6-17(8-16)27-2)19(25)23-15-9-22-24(11-15)10-12-3-4-14(21)7-18(12)20/h3-9,11H,10H2,1-2H3,(H,23,25). The van der Waals surface area contributed by atoms with E-state index in [4.69, 9.17) is 21.1 Å². The topological polar surface area (TPSA) is 65.4 Å². The number of rotatable bonds is 6. The number of anilines is 1. The largest absolute Gasteiger partial charge is 0.497 e. The number of amides is 1. The van der Waals surface area contributed by atoms with E-state index in [2.05, 4.69) is 10.4 Å². The van der Waals surface area contributed by atoms with Crippen LogP contribution in [-0.4, -0.2) is 29.9 Å². The summed E-state index contributed by atoms with van der Waals surface area (Å²) in [5.41, 5.74) is 1.62. The lowest BCUT2D eigenvalue weighted by molar-refractivity contribution is 0.102. The Morgan fingerprint density at radius 1 is 1.19 bits per heavy atom. The molecule has 0 spiro atoms. The lowest BCUT2D eigenvalue weighted by Gasteiger charge is -2.08. The molecular formula is C19H17ClFN3O3. The number of carbonyl (C=O) groups excluding carboxylic acids is 1. The predicted molar refractivity (Wildman–Crippen MR) is 100 cm³/mol. The summed E-state index contributed by atoms with van der Waals surface area (Å²) in [5, 5.41) is 7.27. The van der Waals surface area contributed by atoms with Crippen molar-refractivity contribution in [1.82, 2.24) is 9.78 Å². The molecule has 0 bridgehead atoms. The first-order valence-corrected chi connectivity index (χ1v) is 8.37. The van der Waals surface area contributed by atoms with Crippen LogP contribution in [0.2, 0.25) is 5.02 Å². The molecule has 0 unspecified atom stereocenters. The van der Waals surface area contributed by atoms with Crippen LogP contribution in [0.15, 0.2) is 48.8 Å². The highest BCUT2D eigenvalue weighted by atomic mass is 35.5. The Balaban J connectivity index is 1.73. The van der Waals surface area contributed by atoms with E-state index >= 15 is 0 Å². The maximum Gasteiger partial charge on any atom is 0.256 e. The molecule has 2 aromatic carbocycles. The van der Waals surface area contributed by atoms with Gasteiger partial charge in [0.2, 0.25) is 0 Å². The molecule has 0 fully saturated rings.